The van der Waals surface area contributed by atoms with Crippen LogP contribution in [0.1, 0.15) is 55.4 Å². The molecule has 0 bridgehead atoms. The van der Waals surface area contributed by atoms with Gasteiger partial charge >= 0.3 is 6.16 Å². The van der Waals surface area contributed by atoms with Crippen LogP contribution in [0.15, 0.2) is 17.9 Å². The van der Waals surface area contributed by atoms with E-state index in [1.54, 1.807) is 14.0 Å². The number of rotatable bonds is 8. The van der Waals surface area contributed by atoms with Crippen LogP contribution in [0, 0.1) is 26.2 Å². The number of benzene rings is 1. The Morgan fingerprint density at radius 1 is 1.08 bits per heavy atom. The molecule has 3 aliphatic rings. The van der Waals surface area contributed by atoms with Gasteiger partial charge in [-0.25, -0.2) is 9.86 Å². The Balaban J connectivity index is 1.83. The van der Waals surface area contributed by atoms with Crippen molar-refractivity contribution in [3.05, 3.63) is 40.1 Å². The van der Waals surface area contributed by atoms with Gasteiger partial charge in [-0.05, 0) is 63.6 Å². The molecule has 0 aromatic heterocycles. The van der Waals surface area contributed by atoms with Gasteiger partial charge in [-0.3, -0.25) is 9.63 Å². The van der Waals surface area contributed by atoms with Crippen molar-refractivity contribution >= 4 is 17.6 Å². The lowest BCUT2D eigenvalue weighted by atomic mass is 9.84. The molecule has 198 valence electrons. The van der Waals surface area contributed by atoms with E-state index in [4.69, 9.17) is 23.9 Å². The van der Waals surface area contributed by atoms with Crippen LogP contribution in [0.4, 0.5) is 4.79 Å². The highest BCUT2D eigenvalue weighted by molar-refractivity contribution is 6.23. The van der Waals surface area contributed by atoms with E-state index in [2.05, 4.69) is 6.92 Å². The largest absolute Gasteiger partial charge is 0.513 e. The first-order valence-electron chi connectivity index (χ1n) is 12.7. The molecule has 1 amide bonds. The standard InChI is InChI=1S/C27H38N2O7/c1-7-26(15-33-16-26)17-35-29-24(30)22(21-19(4)13-18(3)14-20(21)5)23(36-25(31)34-8-2)27(29)9-11-28(32-6)12-10-27/h13-14H,7-12,15-17H2,1-6H3. The minimum Gasteiger partial charge on any atom is -0.434 e. The van der Waals surface area contributed by atoms with Gasteiger partial charge in [-0.15, -0.1) is 0 Å². The fourth-order valence-corrected chi connectivity index (χ4v) is 5.52. The first-order chi connectivity index (χ1) is 17.2. The van der Waals surface area contributed by atoms with Gasteiger partial charge in [0.25, 0.3) is 5.91 Å². The summed E-state index contributed by atoms with van der Waals surface area (Å²) < 4.78 is 16.5. The van der Waals surface area contributed by atoms with Crippen molar-refractivity contribution in [2.75, 3.05) is 46.6 Å². The predicted molar refractivity (Wildman–Crippen MR) is 133 cm³/mol. The summed E-state index contributed by atoms with van der Waals surface area (Å²) in [6.07, 6.45) is 1.00. The van der Waals surface area contributed by atoms with E-state index in [-0.39, 0.29) is 17.9 Å². The van der Waals surface area contributed by atoms with Gasteiger partial charge < -0.3 is 19.0 Å². The second kappa shape index (κ2) is 10.5. The number of ether oxygens (including phenoxy) is 3. The summed E-state index contributed by atoms with van der Waals surface area (Å²) >= 11 is 0. The number of carbonyl (C=O) groups excluding carboxylic acids is 2. The molecule has 0 unspecified atom stereocenters. The van der Waals surface area contributed by atoms with Crippen LogP contribution in [-0.2, 0) is 28.7 Å². The molecule has 9 nitrogen and oxygen atoms in total. The van der Waals surface area contributed by atoms with Crippen molar-refractivity contribution in [1.29, 1.82) is 0 Å². The summed E-state index contributed by atoms with van der Waals surface area (Å²) in [5.41, 5.74) is 3.00. The lowest BCUT2D eigenvalue weighted by Gasteiger charge is -2.46. The van der Waals surface area contributed by atoms with Gasteiger partial charge in [0, 0.05) is 18.5 Å². The van der Waals surface area contributed by atoms with Gasteiger partial charge in [0.2, 0.25) is 0 Å². The zero-order valence-corrected chi connectivity index (χ0v) is 22.3. The number of carbonyl (C=O) groups is 2. The van der Waals surface area contributed by atoms with Crippen molar-refractivity contribution in [3.63, 3.8) is 0 Å². The molecule has 0 aliphatic carbocycles. The third-order valence-electron chi connectivity index (χ3n) is 7.69. The molecule has 0 radical (unpaired) electrons. The minimum absolute atomic E-state index is 0.130. The Hall–Kier alpha value is -2.46. The van der Waals surface area contributed by atoms with Crippen molar-refractivity contribution in [2.45, 2.75) is 59.4 Å². The Kier molecular flexibility index (Phi) is 7.75. The lowest BCUT2D eigenvalue weighted by Crippen LogP contribution is -2.57. The molecule has 2 saturated heterocycles. The van der Waals surface area contributed by atoms with Crippen molar-refractivity contribution in [2.24, 2.45) is 5.41 Å². The molecule has 1 aromatic carbocycles. The van der Waals surface area contributed by atoms with Crippen molar-refractivity contribution in [3.8, 4) is 0 Å². The summed E-state index contributed by atoms with van der Waals surface area (Å²) in [7, 11) is 1.63. The highest BCUT2D eigenvalue weighted by Gasteiger charge is 2.58. The maximum absolute atomic E-state index is 14.2. The molecule has 9 heteroatoms. The van der Waals surface area contributed by atoms with Crippen molar-refractivity contribution in [1.82, 2.24) is 10.1 Å². The van der Waals surface area contributed by atoms with Crippen LogP contribution in [0.2, 0.25) is 0 Å². The highest BCUT2D eigenvalue weighted by Crippen LogP contribution is 2.49. The normalized spacial score (nSPS) is 21.2. The minimum atomic E-state index is -0.961. The Labute approximate surface area is 213 Å². The molecule has 0 N–H and O–H groups in total. The summed E-state index contributed by atoms with van der Waals surface area (Å²) in [5.74, 6) is -0.00567. The number of hydroxylamine groups is 4. The van der Waals surface area contributed by atoms with Crippen LogP contribution >= 0.6 is 0 Å². The third-order valence-corrected chi connectivity index (χ3v) is 7.69. The maximum Gasteiger partial charge on any atom is 0.513 e. The zero-order chi connectivity index (χ0) is 26.1. The first-order valence-corrected chi connectivity index (χ1v) is 12.7. The van der Waals surface area contributed by atoms with Gasteiger partial charge in [0.05, 0.1) is 39.1 Å². The smallest absolute Gasteiger partial charge is 0.434 e. The fraction of sp³-hybridized carbons (Fsp3) is 0.630. The second-order valence-electron chi connectivity index (χ2n) is 10.1. The molecule has 3 aliphatic heterocycles. The van der Waals surface area contributed by atoms with Crippen molar-refractivity contribution < 1.29 is 33.5 Å². The van der Waals surface area contributed by atoms with E-state index < -0.39 is 11.7 Å². The van der Waals surface area contributed by atoms with Gasteiger partial charge in [-0.1, -0.05) is 24.6 Å². The number of piperidine rings is 1. The topological polar surface area (TPSA) is 86.8 Å². The number of hydrogen-bond donors (Lipinski definition) is 0. The molecular formula is C27H38N2O7. The number of aryl methyl sites for hydroxylation is 3. The van der Waals surface area contributed by atoms with Crippen LogP contribution in [-0.4, -0.2) is 74.4 Å². The monoisotopic (exact) mass is 502 g/mol. The Morgan fingerprint density at radius 2 is 1.72 bits per heavy atom. The highest BCUT2D eigenvalue weighted by atomic mass is 16.7. The quantitative estimate of drug-likeness (QED) is 0.492. The van der Waals surface area contributed by atoms with Crippen LogP contribution in [0.25, 0.3) is 5.57 Å². The molecule has 1 spiro atoms. The van der Waals surface area contributed by atoms with E-state index in [1.807, 2.05) is 38.0 Å². The molecular weight excluding hydrogens is 464 g/mol. The zero-order valence-electron chi connectivity index (χ0n) is 22.3. The second-order valence-corrected chi connectivity index (χ2v) is 10.1. The van der Waals surface area contributed by atoms with E-state index in [9.17, 15) is 9.59 Å². The maximum atomic E-state index is 14.2. The predicted octanol–water partition coefficient (Wildman–Crippen LogP) is 4.09. The van der Waals surface area contributed by atoms with E-state index in [1.165, 1.54) is 5.06 Å². The number of amides is 1. The average molecular weight is 503 g/mol. The summed E-state index contributed by atoms with van der Waals surface area (Å²) in [6.45, 7) is 12.6. The van der Waals surface area contributed by atoms with Gasteiger partial charge in [0.1, 0.15) is 5.54 Å². The number of nitrogens with zero attached hydrogens (tertiary/aromatic N) is 2. The molecule has 0 saturated carbocycles. The third kappa shape index (κ3) is 4.65. The van der Waals surface area contributed by atoms with Gasteiger partial charge in [0.15, 0.2) is 5.76 Å². The summed E-state index contributed by atoms with van der Waals surface area (Å²) in [4.78, 5) is 38.7. The SMILES string of the molecule is CCOC(=O)OC1=C(c2c(C)cc(C)cc2C)C(=O)N(OCC2(CC)COC2)C12CCN(OC)CC2. The molecule has 4 rings (SSSR count). The van der Waals surface area contributed by atoms with Gasteiger partial charge in [-0.2, -0.15) is 5.06 Å². The molecule has 1 aromatic rings. The average Bonchev–Trinajstić information content (AvgIpc) is 3.01. The van der Waals surface area contributed by atoms with E-state index in [0.717, 1.165) is 28.7 Å². The van der Waals surface area contributed by atoms with Crippen LogP contribution in [0.3, 0.4) is 0 Å². The summed E-state index contributed by atoms with van der Waals surface area (Å²) in [6, 6.07) is 4.07. The van der Waals surface area contributed by atoms with Crippen LogP contribution in [0.5, 0.6) is 0 Å². The first kappa shape index (κ1) is 26.6. The number of hydrogen-bond acceptors (Lipinski definition) is 8. The molecule has 3 heterocycles. The summed E-state index contributed by atoms with van der Waals surface area (Å²) in [5, 5.41) is 3.31. The Bertz CT molecular complexity index is 1010. The fourth-order valence-electron chi connectivity index (χ4n) is 5.52. The van der Waals surface area contributed by atoms with E-state index >= 15 is 0 Å². The molecule has 36 heavy (non-hydrogen) atoms. The lowest BCUT2D eigenvalue weighted by molar-refractivity contribution is -0.262. The van der Waals surface area contributed by atoms with E-state index in [0.29, 0.717) is 57.1 Å². The molecule has 0 atom stereocenters. The Morgan fingerprint density at radius 3 is 2.22 bits per heavy atom. The molecule has 2 fully saturated rings. The van der Waals surface area contributed by atoms with Crippen LogP contribution < -0.4 is 0 Å².